The van der Waals surface area contributed by atoms with Crippen LogP contribution in [0.4, 0.5) is 5.69 Å². The van der Waals surface area contributed by atoms with Crippen molar-refractivity contribution in [3.05, 3.63) is 53.6 Å². The fraction of sp³-hybridized carbons (Fsp3) is 0.400. The lowest BCUT2D eigenvalue weighted by atomic mass is 9.99. The molecule has 0 fully saturated rings. The Morgan fingerprint density at radius 1 is 1.00 bits per heavy atom. The summed E-state index contributed by atoms with van der Waals surface area (Å²) in [6.45, 7) is 2.06. The fourth-order valence-electron chi connectivity index (χ4n) is 3.52. The van der Waals surface area contributed by atoms with Gasteiger partial charge in [-0.1, -0.05) is 18.2 Å². The molecule has 1 unspecified atom stereocenters. The van der Waals surface area contributed by atoms with Crippen molar-refractivity contribution >= 4 is 23.4 Å². The summed E-state index contributed by atoms with van der Waals surface area (Å²) >= 11 is 0. The first-order chi connectivity index (χ1) is 16.3. The number of carbonyl (C=O) groups excluding carboxylic acids is 2. The number of Topliss-reactive ketones (excluding diaryl/α,β-unsaturated/α-hetero) is 1. The molecule has 2 atom stereocenters. The van der Waals surface area contributed by atoms with Gasteiger partial charge in [0.05, 0.1) is 33.8 Å². The molecule has 0 amide bonds. The van der Waals surface area contributed by atoms with E-state index in [-0.39, 0.29) is 12.2 Å². The third-order valence-electron chi connectivity index (χ3n) is 5.30. The van der Waals surface area contributed by atoms with Crippen molar-refractivity contribution in [3.63, 3.8) is 0 Å². The van der Waals surface area contributed by atoms with Crippen molar-refractivity contribution in [1.29, 1.82) is 0 Å². The topological polar surface area (TPSA) is 123 Å². The van der Waals surface area contributed by atoms with Crippen LogP contribution in [0.25, 0.3) is 0 Å². The predicted octanol–water partition coefficient (Wildman–Crippen LogP) is 2.93. The molecule has 0 bridgehead atoms. The smallest absolute Gasteiger partial charge is 0.327 e. The quantitative estimate of drug-likeness (QED) is 0.216. The standard InChI is InChI=1S/C25H32N2O7/c1-16(25(31)34-4)27-19-10-6-5-9-18(19)24(30)20(15-23(28)29)26-13-7-8-17-11-12-21(32-2)22(14-17)33-3/h5-6,9-12,14,16,20,26-27H,7-8,13,15H2,1-4H3,(H,28,29)/t16?,20-/m0/s1. The molecule has 0 aromatic heterocycles. The molecule has 0 heterocycles. The lowest BCUT2D eigenvalue weighted by Gasteiger charge is -2.20. The summed E-state index contributed by atoms with van der Waals surface area (Å²) in [6.07, 6.45) is 1.02. The summed E-state index contributed by atoms with van der Waals surface area (Å²) in [4.78, 5) is 36.4. The Balaban J connectivity index is 2.06. The van der Waals surface area contributed by atoms with Crippen LogP contribution in [0.5, 0.6) is 11.5 Å². The Labute approximate surface area is 199 Å². The summed E-state index contributed by atoms with van der Waals surface area (Å²) in [5.41, 5.74) is 1.77. The van der Waals surface area contributed by atoms with Crippen LogP contribution in [0, 0.1) is 0 Å². The first-order valence-electron chi connectivity index (χ1n) is 10.9. The average Bonchev–Trinajstić information content (AvgIpc) is 2.84. The van der Waals surface area contributed by atoms with Crippen molar-refractivity contribution < 1.29 is 33.7 Å². The number of esters is 1. The molecule has 2 aromatic carbocycles. The minimum atomic E-state index is -1.08. The molecule has 3 N–H and O–H groups in total. The van der Waals surface area contributed by atoms with Gasteiger partial charge in [0, 0.05) is 11.3 Å². The highest BCUT2D eigenvalue weighted by atomic mass is 16.5. The number of nitrogens with one attached hydrogen (secondary N) is 2. The van der Waals surface area contributed by atoms with Crippen LogP contribution in [0.3, 0.4) is 0 Å². The molecule has 0 radical (unpaired) electrons. The number of ketones is 1. The number of hydrogen-bond donors (Lipinski definition) is 3. The number of carboxylic acids is 1. The van der Waals surface area contributed by atoms with Gasteiger partial charge >= 0.3 is 11.9 Å². The predicted molar refractivity (Wildman–Crippen MR) is 128 cm³/mol. The number of rotatable bonds is 14. The molecule has 34 heavy (non-hydrogen) atoms. The molecule has 9 heteroatoms. The Hall–Kier alpha value is -3.59. The lowest BCUT2D eigenvalue weighted by molar-refractivity contribution is -0.141. The van der Waals surface area contributed by atoms with Gasteiger partial charge in [-0.15, -0.1) is 0 Å². The van der Waals surface area contributed by atoms with Gasteiger partial charge in [0.15, 0.2) is 17.3 Å². The summed E-state index contributed by atoms with van der Waals surface area (Å²) < 4.78 is 15.3. The minimum Gasteiger partial charge on any atom is -0.493 e. The monoisotopic (exact) mass is 472 g/mol. The van der Waals surface area contributed by atoms with E-state index in [0.717, 1.165) is 5.56 Å². The van der Waals surface area contributed by atoms with Gasteiger partial charge in [-0.05, 0) is 56.1 Å². The molecule has 0 saturated carbocycles. The minimum absolute atomic E-state index is 0.303. The van der Waals surface area contributed by atoms with E-state index in [9.17, 15) is 19.5 Å². The third kappa shape index (κ3) is 7.48. The highest BCUT2D eigenvalue weighted by Gasteiger charge is 2.25. The maximum Gasteiger partial charge on any atom is 0.327 e. The van der Waals surface area contributed by atoms with Crippen LogP contribution in [-0.2, 0) is 20.7 Å². The van der Waals surface area contributed by atoms with Crippen LogP contribution in [-0.4, -0.2) is 62.8 Å². The third-order valence-corrected chi connectivity index (χ3v) is 5.30. The molecule has 2 rings (SSSR count). The van der Waals surface area contributed by atoms with Crippen LogP contribution < -0.4 is 20.1 Å². The molecule has 9 nitrogen and oxygen atoms in total. The summed E-state index contributed by atoms with van der Waals surface area (Å²) in [5, 5.41) is 15.4. The Morgan fingerprint density at radius 3 is 2.35 bits per heavy atom. The van der Waals surface area contributed by atoms with Gasteiger partial charge < -0.3 is 30.0 Å². The number of anilines is 1. The zero-order valence-corrected chi connectivity index (χ0v) is 19.9. The number of hydrogen-bond acceptors (Lipinski definition) is 8. The first kappa shape index (κ1) is 26.7. The maximum absolute atomic E-state index is 13.2. The number of methoxy groups -OCH3 is 3. The summed E-state index contributed by atoms with van der Waals surface area (Å²) in [6, 6.07) is 10.8. The van der Waals surface area contributed by atoms with Gasteiger partial charge in [0.2, 0.25) is 0 Å². The first-order valence-corrected chi connectivity index (χ1v) is 10.9. The highest BCUT2D eigenvalue weighted by molar-refractivity contribution is 6.06. The number of carboxylic acid groups (broad SMARTS) is 1. The number of benzene rings is 2. The van der Waals surface area contributed by atoms with Crippen molar-refractivity contribution in [3.8, 4) is 11.5 Å². The molecule has 0 aliphatic carbocycles. The Bertz CT molecular complexity index is 993. The normalized spacial score (nSPS) is 12.4. The van der Waals surface area contributed by atoms with E-state index in [1.165, 1.54) is 7.11 Å². The number of aryl methyl sites for hydroxylation is 1. The van der Waals surface area contributed by atoms with Crippen molar-refractivity contribution in [1.82, 2.24) is 5.32 Å². The highest BCUT2D eigenvalue weighted by Crippen LogP contribution is 2.28. The van der Waals surface area contributed by atoms with Crippen molar-refractivity contribution in [2.75, 3.05) is 33.2 Å². The zero-order valence-electron chi connectivity index (χ0n) is 19.9. The van der Waals surface area contributed by atoms with E-state index in [1.54, 1.807) is 45.4 Å². The van der Waals surface area contributed by atoms with E-state index in [1.807, 2.05) is 18.2 Å². The molecule has 0 aliphatic heterocycles. The van der Waals surface area contributed by atoms with Gasteiger partial charge in [0.1, 0.15) is 6.04 Å². The summed E-state index contributed by atoms with van der Waals surface area (Å²) in [7, 11) is 4.43. The molecular formula is C25H32N2O7. The van der Waals surface area contributed by atoms with Gasteiger partial charge in [-0.3, -0.25) is 9.59 Å². The molecule has 0 spiro atoms. The zero-order chi connectivity index (χ0) is 25.1. The van der Waals surface area contributed by atoms with E-state index < -0.39 is 24.0 Å². The van der Waals surface area contributed by atoms with E-state index in [2.05, 4.69) is 10.6 Å². The van der Waals surface area contributed by atoms with Crippen molar-refractivity contribution in [2.45, 2.75) is 38.3 Å². The van der Waals surface area contributed by atoms with Gasteiger partial charge in [-0.25, -0.2) is 4.79 Å². The van der Waals surface area contributed by atoms with Crippen LogP contribution >= 0.6 is 0 Å². The number of carbonyl (C=O) groups is 3. The average molecular weight is 473 g/mol. The largest absolute Gasteiger partial charge is 0.493 e. The van der Waals surface area contributed by atoms with Gasteiger partial charge in [0.25, 0.3) is 0 Å². The second-order valence-electron chi connectivity index (χ2n) is 7.70. The molecular weight excluding hydrogens is 440 g/mol. The number of para-hydroxylation sites is 1. The molecule has 184 valence electrons. The van der Waals surface area contributed by atoms with Crippen LogP contribution in [0.15, 0.2) is 42.5 Å². The lowest BCUT2D eigenvalue weighted by Crippen LogP contribution is -2.40. The second-order valence-corrected chi connectivity index (χ2v) is 7.70. The SMILES string of the molecule is COC(=O)C(C)Nc1ccccc1C(=O)[C@H](CC(=O)O)NCCCc1ccc(OC)c(OC)c1. The number of ether oxygens (including phenoxy) is 3. The van der Waals surface area contributed by atoms with Crippen molar-refractivity contribution in [2.24, 2.45) is 0 Å². The van der Waals surface area contributed by atoms with Gasteiger partial charge in [-0.2, -0.15) is 0 Å². The van der Waals surface area contributed by atoms with Crippen LogP contribution in [0.2, 0.25) is 0 Å². The summed E-state index contributed by atoms with van der Waals surface area (Å²) in [5.74, 6) is -0.645. The molecule has 0 aliphatic rings. The molecule has 0 saturated heterocycles. The Kier molecular flexibility index (Phi) is 10.3. The van der Waals surface area contributed by atoms with E-state index >= 15 is 0 Å². The van der Waals surface area contributed by atoms with E-state index in [4.69, 9.17) is 14.2 Å². The Morgan fingerprint density at radius 2 is 1.71 bits per heavy atom. The van der Waals surface area contributed by atoms with Crippen LogP contribution in [0.1, 0.15) is 35.7 Å². The molecule has 2 aromatic rings. The second kappa shape index (κ2) is 13.2. The fourth-order valence-corrected chi connectivity index (χ4v) is 3.52. The number of aliphatic carboxylic acids is 1. The van der Waals surface area contributed by atoms with E-state index in [0.29, 0.717) is 42.1 Å². The maximum atomic E-state index is 13.2.